The van der Waals surface area contributed by atoms with Crippen LogP contribution in [0.4, 0.5) is 0 Å². The van der Waals surface area contributed by atoms with Gasteiger partial charge in [0.15, 0.2) is 0 Å². The van der Waals surface area contributed by atoms with Gasteiger partial charge in [-0.2, -0.15) is 5.26 Å². The van der Waals surface area contributed by atoms with Crippen molar-refractivity contribution in [2.75, 3.05) is 13.6 Å². The normalized spacial score (nSPS) is 20.2. The van der Waals surface area contributed by atoms with Crippen molar-refractivity contribution >= 4 is 0 Å². The fourth-order valence-corrected chi connectivity index (χ4v) is 0.603. The highest BCUT2D eigenvalue weighted by molar-refractivity contribution is 5.29. The Morgan fingerprint density at radius 2 is 2.75 bits per heavy atom. The van der Waals surface area contributed by atoms with Crippen molar-refractivity contribution in [2.24, 2.45) is 0 Å². The Bertz CT molecular complexity index is 152. The lowest BCUT2D eigenvalue weighted by Gasteiger charge is -2.01. The van der Waals surface area contributed by atoms with Crippen LogP contribution in [-0.2, 0) is 0 Å². The Hall–Kier alpha value is -0.810. The summed E-state index contributed by atoms with van der Waals surface area (Å²) in [6, 6.07) is 2.05. The first-order valence-electron chi connectivity index (χ1n) is 2.39. The van der Waals surface area contributed by atoms with E-state index in [1.165, 1.54) is 0 Å². The maximum Gasteiger partial charge on any atom is 0.0958 e. The number of hydrogen-bond acceptors (Lipinski definition) is 2. The zero-order valence-electron chi connectivity index (χ0n) is 4.68. The molecule has 1 aliphatic heterocycles. The molecular weight excluding hydrogens is 100 g/mol. The maximum absolute atomic E-state index is 8.30. The van der Waals surface area contributed by atoms with E-state index in [2.05, 4.69) is 12.6 Å². The van der Waals surface area contributed by atoms with Crippen LogP contribution in [0.15, 0.2) is 11.6 Å². The Labute approximate surface area is 49.0 Å². The van der Waals surface area contributed by atoms with Gasteiger partial charge in [0.2, 0.25) is 0 Å². The Balaban J connectivity index is 2.53. The first kappa shape index (κ1) is 5.33. The molecule has 0 aromatic carbocycles. The molecule has 40 valence electrons. The molecule has 0 saturated carbocycles. The van der Waals surface area contributed by atoms with Crippen molar-refractivity contribution in [2.45, 2.75) is 0 Å². The van der Waals surface area contributed by atoms with Gasteiger partial charge in [-0.15, -0.1) is 0 Å². The van der Waals surface area contributed by atoms with Gasteiger partial charge in [-0.25, -0.2) is 0 Å². The van der Waals surface area contributed by atoms with Gasteiger partial charge in [0.25, 0.3) is 0 Å². The van der Waals surface area contributed by atoms with Crippen LogP contribution in [0, 0.1) is 17.9 Å². The van der Waals surface area contributed by atoms with Crippen LogP contribution in [0.3, 0.4) is 0 Å². The average molecular weight is 106 g/mol. The fraction of sp³-hybridized carbons (Fsp3) is 0.333. The molecular formula is C6H6N2. The summed E-state index contributed by atoms with van der Waals surface area (Å²) in [5, 5.41) is 8.30. The molecule has 2 nitrogen and oxygen atoms in total. The molecule has 2 heteroatoms. The molecule has 0 saturated heterocycles. The highest BCUT2D eigenvalue weighted by Crippen LogP contribution is 2.07. The van der Waals surface area contributed by atoms with Gasteiger partial charge in [0, 0.05) is 12.1 Å². The molecule has 0 atom stereocenters. The zero-order valence-corrected chi connectivity index (χ0v) is 4.68. The minimum absolute atomic E-state index is 0.719. The molecule has 1 rings (SSSR count). The van der Waals surface area contributed by atoms with Crippen LogP contribution in [0.1, 0.15) is 0 Å². The van der Waals surface area contributed by atoms with Crippen LogP contribution in [0.2, 0.25) is 0 Å². The summed E-state index contributed by atoms with van der Waals surface area (Å²) < 4.78 is 0. The van der Waals surface area contributed by atoms with Crippen LogP contribution in [-0.4, -0.2) is 18.5 Å². The van der Waals surface area contributed by atoms with Crippen LogP contribution < -0.4 is 0 Å². The summed E-state index contributed by atoms with van der Waals surface area (Å²) >= 11 is 0. The number of hydrogen-bond donors (Lipinski definition) is 0. The number of nitriles is 1. The molecule has 0 fully saturated rings. The quantitative estimate of drug-likeness (QED) is 0.447. The predicted molar refractivity (Wildman–Crippen MR) is 29.6 cm³/mol. The summed E-state index contributed by atoms with van der Waals surface area (Å²) in [4.78, 5) is 1.85. The van der Waals surface area contributed by atoms with Crippen LogP contribution in [0.25, 0.3) is 0 Å². The Morgan fingerprint density at radius 1 is 2.00 bits per heavy atom. The second-order valence-electron chi connectivity index (χ2n) is 1.77. The van der Waals surface area contributed by atoms with Crippen molar-refractivity contribution in [1.82, 2.24) is 4.90 Å². The summed E-state index contributed by atoms with van der Waals surface area (Å²) in [5.41, 5.74) is 0.785. The average Bonchev–Trinajstić information content (AvgIpc) is 2.14. The maximum atomic E-state index is 8.30. The van der Waals surface area contributed by atoms with Gasteiger partial charge in [0.1, 0.15) is 0 Å². The van der Waals surface area contributed by atoms with E-state index in [1.807, 2.05) is 11.9 Å². The summed E-state index contributed by atoms with van der Waals surface area (Å²) in [5.74, 6) is 0. The lowest BCUT2D eigenvalue weighted by molar-refractivity contribution is 0.488. The van der Waals surface area contributed by atoms with Crippen molar-refractivity contribution in [3.05, 3.63) is 18.2 Å². The first-order chi connectivity index (χ1) is 3.83. The SMILES string of the molecule is CN1[C]C=C(C#N)C1. The monoisotopic (exact) mass is 106 g/mol. The van der Waals surface area contributed by atoms with Gasteiger partial charge in [0.05, 0.1) is 12.6 Å². The van der Waals surface area contributed by atoms with E-state index in [-0.39, 0.29) is 0 Å². The molecule has 0 amide bonds. The van der Waals surface area contributed by atoms with E-state index < -0.39 is 0 Å². The third kappa shape index (κ3) is 0.877. The minimum atomic E-state index is 0.719. The van der Waals surface area contributed by atoms with Gasteiger partial charge >= 0.3 is 0 Å². The van der Waals surface area contributed by atoms with E-state index >= 15 is 0 Å². The third-order valence-electron chi connectivity index (χ3n) is 1.01. The largest absolute Gasteiger partial charge is 0.288 e. The number of likely N-dealkylation sites (N-methyl/N-ethyl adjacent to an activating group) is 1. The smallest absolute Gasteiger partial charge is 0.0958 e. The molecule has 2 radical (unpaired) electrons. The van der Waals surface area contributed by atoms with Crippen molar-refractivity contribution in [3.63, 3.8) is 0 Å². The van der Waals surface area contributed by atoms with Crippen molar-refractivity contribution < 1.29 is 0 Å². The molecule has 0 aromatic rings. The van der Waals surface area contributed by atoms with Crippen molar-refractivity contribution in [1.29, 1.82) is 5.26 Å². The summed E-state index contributed by atoms with van der Waals surface area (Å²) in [6.07, 6.45) is 1.71. The topological polar surface area (TPSA) is 27.0 Å². The molecule has 0 N–H and O–H groups in total. The van der Waals surface area contributed by atoms with E-state index in [0.29, 0.717) is 0 Å². The predicted octanol–water partition coefficient (Wildman–Crippen LogP) is 0.421. The number of nitrogens with zero attached hydrogens (tertiary/aromatic N) is 2. The lowest BCUT2D eigenvalue weighted by atomic mass is 10.3. The molecule has 1 heterocycles. The van der Waals surface area contributed by atoms with Crippen LogP contribution in [0.5, 0.6) is 0 Å². The Morgan fingerprint density at radius 3 is 3.00 bits per heavy atom. The molecule has 0 aromatic heterocycles. The molecule has 0 unspecified atom stereocenters. The van der Waals surface area contributed by atoms with Crippen molar-refractivity contribution in [3.8, 4) is 6.07 Å². The van der Waals surface area contributed by atoms with E-state index in [0.717, 1.165) is 12.1 Å². The summed E-state index contributed by atoms with van der Waals surface area (Å²) in [6.45, 7) is 3.59. The second kappa shape index (κ2) is 1.97. The standard InChI is InChI=1S/C6H6N2/c1-8-3-2-6(4-7)5-8/h2H,5H2,1H3. The van der Waals surface area contributed by atoms with Gasteiger partial charge in [-0.1, -0.05) is 0 Å². The minimum Gasteiger partial charge on any atom is -0.288 e. The first-order valence-corrected chi connectivity index (χ1v) is 2.39. The fourth-order valence-electron chi connectivity index (χ4n) is 0.603. The summed E-state index contributed by atoms with van der Waals surface area (Å²) in [7, 11) is 1.89. The number of rotatable bonds is 0. The zero-order chi connectivity index (χ0) is 5.98. The Kier molecular flexibility index (Phi) is 1.32. The molecule has 1 aliphatic rings. The van der Waals surface area contributed by atoms with E-state index in [9.17, 15) is 0 Å². The second-order valence-corrected chi connectivity index (χ2v) is 1.77. The highest BCUT2D eigenvalue weighted by atomic mass is 15.1. The molecule has 0 aliphatic carbocycles. The highest BCUT2D eigenvalue weighted by Gasteiger charge is 2.08. The van der Waals surface area contributed by atoms with E-state index in [1.54, 1.807) is 6.08 Å². The van der Waals surface area contributed by atoms with Gasteiger partial charge in [-0.3, -0.25) is 4.90 Å². The molecule has 8 heavy (non-hydrogen) atoms. The lowest BCUT2D eigenvalue weighted by Crippen LogP contribution is -2.09. The molecule has 0 spiro atoms. The van der Waals surface area contributed by atoms with E-state index in [4.69, 9.17) is 5.26 Å². The van der Waals surface area contributed by atoms with Crippen LogP contribution >= 0.6 is 0 Å². The van der Waals surface area contributed by atoms with Gasteiger partial charge < -0.3 is 0 Å². The molecule has 0 bridgehead atoms. The third-order valence-corrected chi connectivity index (χ3v) is 1.01. The van der Waals surface area contributed by atoms with Gasteiger partial charge in [-0.05, 0) is 13.1 Å².